The van der Waals surface area contributed by atoms with Crippen molar-refractivity contribution in [2.75, 3.05) is 20.2 Å². The van der Waals surface area contributed by atoms with Crippen LogP contribution >= 0.6 is 0 Å². The number of nitrogens with one attached hydrogen (secondary N) is 1. The van der Waals surface area contributed by atoms with E-state index >= 15 is 0 Å². The molecule has 5 nitrogen and oxygen atoms in total. The lowest BCUT2D eigenvalue weighted by Crippen LogP contribution is -2.69. The van der Waals surface area contributed by atoms with Crippen molar-refractivity contribution in [1.29, 1.82) is 0 Å². The van der Waals surface area contributed by atoms with E-state index in [0.717, 1.165) is 32.4 Å². The molecular formula is C17H32N2O3. The summed E-state index contributed by atoms with van der Waals surface area (Å²) >= 11 is 0. The first-order chi connectivity index (χ1) is 10.3. The van der Waals surface area contributed by atoms with Gasteiger partial charge in [0.25, 0.3) is 0 Å². The van der Waals surface area contributed by atoms with Crippen molar-refractivity contribution in [3.05, 3.63) is 0 Å². The second kappa shape index (κ2) is 6.36. The molecule has 0 aromatic rings. The summed E-state index contributed by atoms with van der Waals surface area (Å²) in [5.41, 5.74) is 0.0373. The van der Waals surface area contributed by atoms with Crippen LogP contribution in [-0.4, -0.2) is 54.5 Å². The van der Waals surface area contributed by atoms with Crippen LogP contribution in [0, 0.1) is 5.92 Å². The van der Waals surface area contributed by atoms with Crippen LogP contribution in [0.1, 0.15) is 53.9 Å². The number of piperidine rings is 1. The highest BCUT2D eigenvalue weighted by Crippen LogP contribution is 2.47. The minimum absolute atomic E-state index is 0.00759. The highest BCUT2D eigenvalue weighted by atomic mass is 16.6. The van der Waals surface area contributed by atoms with Gasteiger partial charge in [0.15, 0.2) is 0 Å². The lowest BCUT2D eigenvalue weighted by atomic mass is 9.67. The largest absolute Gasteiger partial charge is 0.446 e. The van der Waals surface area contributed by atoms with Gasteiger partial charge in [-0.1, -0.05) is 20.8 Å². The summed E-state index contributed by atoms with van der Waals surface area (Å²) in [6.07, 6.45) is 2.94. The molecule has 2 saturated heterocycles. The van der Waals surface area contributed by atoms with E-state index in [-0.39, 0.29) is 29.2 Å². The van der Waals surface area contributed by atoms with Crippen LogP contribution in [0.15, 0.2) is 0 Å². The smallest absolute Gasteiger partial charge is 0.407 e. The first kappa shape index (κ1) is 17.5. The molecule has 5 unspecified atom stereocenters. The van der Waals surface area contributed by atoms with Crippen molar-refractivity contribution >= 4 is 6.09 Å². The van der Waals surface area contributed by atoms with Gasteiger partial charge in [0.2, 0.25) is 0 Å². The average molecular weight is 312 g/mol. The third-order valence-electron chi connectivity index (χ3n) is 6.18. The molecule has 2 aliphatic heterocycles. The Kier molecular flexibility index (Phi) is 5.07. The first-order valence-corrected chi connectivity index (χ1v) is 8.58. The fraction of sp³-hybridized carbons (Fsp3) is 0.941. The second-order valence-corrected chi connectivity index (χ2v) is 7.31. The standard InChI is InChI=1S/C17H32N2O3/c1-7-16(4)9-14(22-15(20)18-6)12(3)17(5,8-2)19(16)10-13-11-21-13/h12-14H,7-11H2,1-6H3,(H,18,20). The fourth-order valence-electron chi connectivity index (χ4n) is 3.98. The van der Waals surface area contributed by atoms with Crippen molar-refractivity contribution in [3.8, 4) is 0 Å². The van der Waals surface area contributed by atoms with Crippen molar-refractivity contribution in [2.24, 2.45) is 5.92 Å². The number of ether oxygens (including phenoxy) is 2. The minimum atomic E-state index is -0.326. The molecule has 0 aromatic carbocycles. The van der Waals surface area contributed by atoms with Gasteiger partial charge >= 0.3 is 6.09 Å². The molecular weight excluding hydrogens is 280 g/mol. The monoisotopic (exact) mass is 312 g/mol. The molecule has 1 N–H and O–H groups in total. The SMILES string of the molecule is CCC1(C)CC(OC(=O)NC)C(C)C(C)(CC)N1CC1CO1. The molecule has 0 bridgehead atoms. The van der Waals surface area contributed by atoms with Crippen LogP contribution in [-0.2, 0) is 9.47 Å². The fourth-order valence-corrected chi connectivity index (χ4v) is 3.98. The van der Waals surface area contributed by atoms with E-state index in [0.29, 0.717) is 6.10 Å². The number of carbonyl (C=O) groups excluding carboxylic acids is 1. The van der Waals surface area contributed by atoms with Gasteiger partial charge in [-0.2, -0.15) is 0 Å². The van der Waals surface area contributed by atoms with E-state index in [1.54, 1.807) is 7.05 Å². The van der Waals surface area contributed by atoms with E-state index in [2.05, 4.69) is 44.8 Å². The quantitative estimate of drug-likeness (QED) is 0.793. The second-order valence-electron chi connectivity index (χ2n) is 7.31. The van der Waals surface area contributed by atoms with E-state index in [4.69, 9.17) is 9.47 Å². The third-order valence-corrected chi connectivity index (χ3v) is 6.18. The molecule has 0 aromatic heterocycles. The normalized spacial score (nSPS) is 42.0. The van der Waals surface area contributed by atoms with Crippen LogP contribution in [0.2, 0.25) is 0 Å². The Morgan fingerprint density at radius 3 is 2.45 bits per heavy atom. The lowest BCUT2D eigenvalue weighted by molar-refractivity contribution is -0.138. The van der Waals surface area contributed by atoms with Gasteiger partial charge in [-0.25, -0.2) is 4.79 Å². The molecule has 2 fully saturated rings. The van der Waals surface area contributed by atoms with Gasteiger partial charge in [0, 0.05) is 37.0 Å². The van der Waals surface area contributed by atoms with E-state index in [1.165, 1.54) is 0 Å². The lowest BCUT2D eigenvalue weighted by Gasteiger charge is -2.60. The Morgan fingerprint density at radius 1 is 1.36 bits per heavy atom. The summed E-state index contributed by atoms with van der Waals surface area (Å²) < 4.78 is 11.2. The molecule has 2 rings (SSSR count). The Labute approximate surface area is 134 Å². The molecule has 22 heavy (non-hydrogen) atoms. The number of alkyl carbamates (subject to hydrolysis) is 1. The summed E-state index contributed by atoms with van der Waals surface area (Å²) in [5, 5.41) is 2.58. The Bertz CT molecular complexity index is 413. The summed E-state index contributed by atoms with van der Waals surface area (Å²) in [6, 6.07) is 0. The van der Waals surface area contributed by atoms with Crippen LogP contribution < -0.4 is 5.32 Å². The molecule has 0 saturated carbocycles. The van der Waals surface area contributed by atoms with Crippen molar-refractivity contribution in [2.45, 2.75) is 77.2 Å². The first-order valence-electron chi connectivity index (χ1n) is 8.58. The zero-order valence-corrected chi connectivity index (χ0v) is 14.9. The Morgan fingerprint density at radius 2 is 2.00 bits per heavy atom. The molecule has 0 aliphatic carbocycles. The highest BCUT2D eigenvalue weighted by Gasteiger charge is 2.54. The number of likely N-dealkylation sites (tertiary alicyclic amines) is 1. The Balaban J connectivity index is 2.28. The molecule has 2 aliphatic rings. The summed E-state index contributed by atoms with van der Waals surface area (Å²) in [6.45, 7) is 13.1. The molecule has 5 atom stereocenters. The van der Waals surface area contributed by atoms with Gasteiger partial charge in [-0.15, -0.1) is 0 Å². The predicted octanol–water partition coefficient (Wildman–Crippen LogP) is 2.79. The van der Waals surface area contributed by atoms with Gasteiger partial charge < -0.3 is 14.8 Å². The summed E-state index contributed by atoms with van der Waals surface area (Å²) in [5.74, 6) is 0.285. The zero-order chi connectivity index (χ0) is 16.5. The molecule has 2 heterocycles. The average Bonchev–Trinajstić information content (AvgIpc) is 3.33. The molecule has 128 valence electrons. The van der Waals surface area contributed by atoms with Crippen molar-refractivity contribution in [1.82, 2.24) is 10.2 Å². The highest BCUT2D eigenvalue weighted by molar-refractivity contribution is 5.66. The number of rotatable bonds is 5. The maximum Gasteiger partial charge on any atom is 0.407 e. The molecule has 0 spiro atoms. The van der Waals surface area contributed by atoms with Gasteiger partial charge in [0.05, 0.1) is 12.7 Å². The predicted molar refractivity (Wildman–Crippen MR) is 86.9 cm³/mol. The van der Waals surface area contributed by atoms with Crippen LogP contribution in [0.3, 0.4) is 0 Å². The van der Waals surface area contributed by atoms with Gasteiger partial charge in [-0.05, 0) is 26.7 Å². The number of hydrogen-bond donors (Lipinski definition) is 1. The topological polar surface area (TPSA) is 54.1 Å². The third kappa shape index (κ3) is 3.11. The molecule has 1 amide bonds. The minimum Gasteiger partial charge on any atom is -0.446 e. The molecule has 0 radical (unpaired) electrons. The van der Waals surface area contributed by atoms with Crippen molar-refractivity contribution in [3.63, 3.8) is 0 Å². The number of hydrogen-bond acceptors (Lipinski definition) is 4. The molecule has 5 heteroatoms. The number of amides is 1. The van der Waals surface area contributed by atoms with Gasteiger partial charge in [-0.3, -0.25) is 4.90 Å². The summed E-state index contributed by atoms with van der Waals surface area (Å²) in [7, 11) is 1.62. The number of carbonyl (C=O) groups is 1. The van der Waals surface area contributed by atoms with E-state index in [9.17, 15) is 4.79 Å². The van der Waals surface area contributed by atoms with E-state index < -0.39 is 0 Å². The summed E-state index contributed by atoms with van der Waals surface area (Å²) in [4.78, 5) is 14.4. The number of nitrogens with zero attached hydrogens (tertiary/aromatic N) is 1. The number of epoxide rings is 1. The van der Waals surface area contributed by atoms with Crippen LogP contribution in [0.4, 0.5) is 4.79 Å². The Hall–Kier alpha value is -0.810. The maximum atomic E-state index is 11.7. The van der Waals surface area contributed by atoms with Crippen LogP contribution in [0.5, 0.6) is 0 Å². The van der Waals surface area contributed by atoms with Gasteiger partial charge in [0.1, 0.15) is 6.10 Å². The van der Waals surface area contributed by atoms with E-state index in [1.807, 2.05) is 0 Å². The maximum absolute atomic E-state index is 11.7. The van der Waals surface area contributed by atoms with Crippen LogP contribution in [0.25, 0.3) is 0 Å². The zero-order valence-electron chi connectivity index (χ0n) is 14.9. The van der Waals surface area contributed by atoms with Crippen molar-refractivity contribution < 1.29 is 14.3 Å².